The van der Waals surface area contributed by atoms with E-state index in [2.05, 4.69) is 19.6 Å². The third kappa shape index (κ3) is 6.16. The van der Waals surface area contributed by atoms with E-state index in [-0.39, 0.29) is 12.4 Å². The first-order chi connectivity index (χ1) is 14.6. The molecule has 0 unspecified atom stereocenters. The van der Waals surface area contributed by atoms with Crippen LogP contribution < -0.4 is 0 Å². The Morgan fingerprint density at radius 1 is 1.16 bits per heavy atom. The lowest BCUT2D eigenvalue weighted by molar-refractivity contribution is -0.211. The number of esters is 2. The summed E-state index contributed by atoms with van der Waals surface area (Å²) in [5.41, 5.74) is 0.264. The van der Waals surface area contributed by atoms with E-state index in [1.54, 1.807) is 6.08 Å². The molecular formula is C22H36O8Si. The Balaban J connectivity index is 1.78. The summed E-state index contributed by atoms with van der Waals surface area (Å²) in [5, 5.41) is 0. The molecule has 1 saturated carbocycles. The smallest absolute Gasteiger partial charge is 0.336 e. The molecule has 0 radical (unpaired) electrons. The van der Waals surface area contributed by atoms with E-state index < -0.39 is 50.2 Å². The molecule has 1 spiro atoms. The zero-order valence-electron chi connectivity index (χ0n) is 19.3. The third-order valence-electron chi connectivity index (χ3n) is 5.96. The lowest BCUT2D eigenvalue weighted by Crippen LogP contribution is -2.52. The monoisotopic (exact) mass is 456 g/mol. The van der Waals surface area contributed by atoms with Gasteiger partial charge in [0.1, 0.15) is 25.1 Å². The largest absolute Gasteiger partial charge is 0.466 e. The van der Waals surface area contributed by atoms with E-state index in [0.717, 1.165) is 38.1 Å². The van der Waals surface area contributed by atoms with Crippen LogP contribution in [0, 0.1) is 0 Å². The minimum Gasteiger partial charge on any atom is -0.466 e. The fourth-order valence-corrected chi connectivity index (χ4v) is 5.11. The van der Waals surface area contributed by atoms with Crippen LogP contribution in [0.2, 0.25) is 25.7 Å². The van der Waals surface area contributed by atoms with Gasteiger partial charge in [-0.25, -0.2) is 4.79 Å². The second-order valence-electron chi connectivity index (χ2n) is 9.75. The fraction of sp³-hybridized carbons (Fsp3) is 0.818. The van der Waals surface area contributed by atoms with Crippen LogP contribution in [0.4, 0.5) is 0 Å². The second-order valence-corrected chi connectivity index (χ2v) is 15.4. The molecule has 0 aromatic carbocycles. The molecule has 2 aliphatic carbocycles. The zero-order valence-corrected chi connectivity index (χ0v) is 20.3. The van der Waals surface area contributed by atoms with E-state index in [0.29, 0.717) is 6.61 Å². The number of hydrogen-bond acceptors (Lipinski definition) is 8. The third-order valence-corrected chi connectivity index (χ3v) is 7.67. The van der Waals surface area contributed by atoms with Gasteiger partial charge in [0.2, 0.25) is 0 Å². The molecule has 8 nitrogen and oxygen atoms in total. The van der Waals surface area contributed by atoms with Crippen molar-refractivity contribution in [1.29, 1.82) is 0 Å². The molecule has 0 bridgehead atoms. The van der Waals surface area contributed by atoms with Gasteiger partial charge in [-0.1, -0.05) is 26.1 Å². The highest BCUT2D eigenvalue weighted by Gasteiger charge is 2.56. The van der Waals surface area contributed by atoms with E-state index in [4.69, 9.17) is 28.4 Å². The van der Waals surface area contributed by atoms with Crippen molar-refractivity contribution in [2.75, 3.05) is 20.5 Å². The second kappa shape index (κ2) is 10.1. The molecule has 4 atom stereocenters. The Bertz CT molecular complexity index is 679. The Hall–Kier alpha value is -1.26. The van der Waals surface area contributed by atoms with Gasteiger partial charge in [-0.15, -0.1) is 0 Å². The van der Waals surface area contributed by atoms with Crippen LogP contribution in [0.1, 0.15) is 39.0 Å². The fourth-order valence-electron chi connectivity index (χ4n) is 4.35. The Labute approximate surface area is 185 Å². The van der Waals surface area contributed by atoms with E-state index >= 15 is 0 Å². The van der Waals surface area contributed by atoms with Gasteiger partial charge < -0.3 is 28.4 Å². The molecule has 3 aliphatic rings. The highest BCUT2D eigenvalue weighted by molar-refractivity contribution is 6.76. The number of carbonyl (C=O) groups is 2. The molecule has 0 aromatic rings. The van der Waals surface area contributed by atoms with Crippen LogP contribution in [-0.4, -0.2) is 70.7 Å². The topological polar surface area (TPSA) is 89.5 Å². The van der Waals surface area contributed by atoms with Crippen molar-refractivity contribution in [3.8, 4) is 0 Å². The number of hydrogen-bond donors (Lipinski definition) is 0. The van der Waals surface area contributed by atoms with Gasteiger partial charge in [-0.3, -0.25) is 4.79 Å². The first-order valence-corrected chi connectivity index (χ1v) is 14.9. The maximum absolute atomic E-state index is 12.5. The lowest BCUT2D eigenvalue weighted by atomic mass is 9.89. The van der Waals surface area contributed by atoms with E-state index in [1.165, 1.54) is 14.0 Å². The van der Waals surface area contributed by atoms with Gasteiger partial charge in [0.25, 0.3) is 0 Å². The first kappa shape index (κ1) is 24.4. The average Bonchev–Trinajstić information content (AvgIpc) is 3.04. The summed E-state index contributed by atoms with van der Waals surface area (Å²) in [6, 6.07) is 0.998. The summed E-state index contributed by atoms with van der Waals surface area (Å²) in [7, 11) is 0.0802. The van der Waals surface area contributed by atoms with Gasteiger partial charge in [0, 0.05) is 34.4 Å². The standard InChI is InChI=1S/C22H36O8Si/c1-15(23)28-20-18(27-14-26-11-12-31(3,4)5)16(21(24)25-2)13-17-19(20)30-22(29-17)9-7-6-8-10-22/h13,17-20H,6-12,14H2,1-5H3/t17-,18-,19-,20-/m1/s1. The van der Waals surface area contributed by atoms with E-state index in [9.17, 15) is 9.59 Å². The normalized spacial score (nSPS) is 29.9. The number of rotatable bonds is 8. The number of methoxy groups -OCH3 is 1. The quantitative estimate of drug-likeness (QED) is 0.238. The van der Waals surface area contributed by atoms with Crippen molar-refractivity contribution < 1.29 is 38.0 Å². The zero-order chi connectivity index (χ0) is 22.6. The summed E-state index contributed by atoms with van der Waals surface area (Å²) in [5.74, 6) is -1.72. The Morgan fingerprint density at radius 3 is 2.48 bits per heavy atom. The molecule has 0 aromatic heterocycles. The van der Waals surface area contributed by atoms with Gasteiger partial charge in [-0.05, 0) is 25.0 Å². The van der Waals surface area contributed by atoms with Crippen molar-refractivity contribution in [3.63, 3.8) is 0 Å². The molecule has 2 fully saturated rings. The highest BCUT2D eigenvalue weighted by atomic mass is 28.3. The Morgan fingerprint density at radius 2 is 1.87 bits per heavy atom. The summed E-state index contributed by atoms with van der Waals surface area (Å²) in [4.78, 5) is 24.5. The summed E-state index contributed by atoms with van der Waals surface area (Å²) in [6.45, 7) is 8.69. The SMILES string of the molecule is COC(=O)C1=C[C@H]2OC3(CCCCC3)O[C@H]2[C@H](OC(C)=O)[C@@H]1OCOCC[Si](C)(C)C. The van der Waals surface area contributed by atoms with Crippen LogP contribution in [0.5, 0.6) is 0 Å². The minimum absolute atomic E-state index is 0.0232. The van der Waals surface area contributed by atoms with Gasteiger partial charge in [0.15, 0.2) is 11.9 Å². The van der Waals surface area contributed by atoms with Crippen LogP contribution >= 0.6 is 0 Å². The number of fused-ring (bicyclic) bond motifs is 1. The molecule has 3 rings (SSSR count). The number of carbonyl (C=O) groups excluding carboxylic acids is 2. The van der Waals surface area contributed by atoms with Crippen LogP contribution in [-0.2, 0) is 38.0 Å². The van der Waals surface area contributed by atoms with Gasteiger partial charge in [-0.2, -0.15) is 0 Å². The van der Waals surface area contributed by atoms with Crippen LogP contribution in [0.25, 0.3) is 0 Å². The molecule has 176 valence electrons. The summed E-state index contributed by atoms with van der Waals surface area (Å²) >= 11 is 0. The molecule has 1 saturated heterocycles. The molecule has 1 heterocycles. The van der Waals surface area contributed by atoms with E-state index in [1.807, 2.05) is 0 Å². The first-order valence-electron chi connectivity index (χ1n) is 11.2. The predicted molar refractivity (Wildman–Crippen MR) is 115 cm³/mol. The molecule has 0 amide bonds. The van der Waals surface area contributed by atoms with Crippen LogP contribution in [0.15, 0.2) is 11.6 Å². The minimum atomic E-state index is -1.23. The highest BCUT2D eigenvalue weighted by Crippen LogP contribution is 2.45. The maximum Gasteiger partial charge on any atom is 0.336 e. The van der Waals surface area contributed by atoms with Crippen molar-refractivity contribution in [2.24, 2.45) is 0 Å². The van der Waals surface area contributed by atoms with Gasteiger partial charge >= 0.3 is 11.9 Å². The molecule has 1 aliphatic heterocycles. The lowest BCUT2D eigenvalue weighted by Gasteiger charge is -2.36. The van der Waals surface area contributed by atoms with Crippen LogP contribution in [0.3, 0.4) is 0 Å². The van der Waals surface area contributed by atoms with Crippen molar-refractivity contribution in [3.05, 3.63) is 11.6 Å². The molecule has 9 heteroatoms. The van der Waals surface area contributed by atoms with Crippen molar-refractivity contribution >= 4 is 20.0 Å². The number of ether oxygens (including phenoxy) is 6. The molecule has 31 heavy (non-hydrogen) atoms. The van der Waals surface area contributed by atoms with Crippen molar-refractivity contribution in [1.82, 2.24) is 0 Å². The summed E-state index contributed by atoms with van der Waals surface area (Å²) < 4.78 is 34.8. The van der Waals surface area contributed by atoms with Crippen molar-refractivity contribution in [2.45, 2.75) is 94.9 Å². The predicted octanol–water partition coefficient (Wildman–Crippen LogP) is 3.17. The molecule has 0 N–H and O–H groups in total. The van der Waals surface area contributed by atoms with Gasteiger partial charge in [0.05, 0.1) is 12.7 Å². The maximum atomic E-state index is 12.5. The summed E-state index contributed by atoms with van der Waals surface area (Å²) in [6.07, 6.45) is 3.67. The Kier molecular flexibility index (Phi) is 7.96. The average molecular weight is 457 g/mol. The molecular weight excluding hydrogens is 420 g/mol.